The van der Waals surface area contributed by atoms with Crippen molar-refractivity contribution in [1.82, 2.24) is 4.98 Å². The lowest BCUT2D eigenvalue weighted by Gasteiger charge is -2.28. The van der Waals surface area contributed by atoms with E-state index in [0.717, 1.165) is 0 Å². The van der Waals surface area contributed by atoms with Gasteiger partial charge in [0.1, 0.15) is 17.3 Å². The van der Waals surface area contributed by atoms with Crippen molar-refractivity contribution in [3.8, 4) is 6.07 Å². The Morgan fingerprint density at radius 3 is 2.87 bits per heavy atom. The van der Waals surface area contributed by atoms with Gasteiger partial charge in [0.15, 0.2) is 5.82 Å². The maximum atomic E-state index is 11.6. The highest BCUT2D eigenvalue weighted by Gasteiger charge is 2.21. The SMILES string of the molecule is COCc1cc(C)nc(N/N=C/c2ccc(N3CCOCC3)c([N+](=O)[O-])c2)c1C#N. The van der Waals surface area contributed by atoms with E-state index in [4.69, 9.17) is 9.47 Å². The molecule has 0 radical (unpaired) electrons. The van der Waals surface area contributed by atoms with Gasteiger partial charge in [-0.25, -0.2) is 4.98 Å². The lowest BCUT2D eigenvalue weighted by molar-refractivity contribution is -0.384. The monoisotopic (exact) mass is 410 g/mol. The number of aryl methyl sites for hydroxylation is 1. The third-order valence-corrected chi connectivity index (χ3v) is 4.57. The Bertz CT molecular complexity index is 996. The minimum Gasteiger partial charge on any atom is -0.380 e. The predicted octanol–water partition coefficient (Wildman–Crippen LogP) is 2.60. The van der Waals surface area contributed by atoms with E-state index in [1.807, 2.05) is 11.8 Å². The van der Waals surface area contributed by atoms with Crippen LogP contribution in [0.3, 0.4) is 0 Å². The highest BCUT2D eigenvalue weighted by molar-refractivity contribution is 5.83. The Hall–Kier alpha value is -3.55. The molecule has 1 fully saturated rings. The van der Waals surface area contributed by atoms with Crippen molar-refractivity contribution in [2.75, 3.05) is 43.7 Å². The van der Waals surface area contributed by atoms with Crippen LogP contribution in [0.1, 0.15) is 22.4 Å². The van der Waals surface area contributed by atoms with Gasteiger partial charge >= 0.3 is 0 Å². The molecule has 3 rings (SSSR count). The Labute approximate surface area is 173 Å². The van der Waals surface area contributed by atoms with Gasteiger partial charge in [-0.05, 0) is 19.1 Å². The summed E-state index contributed by atoms with van der Waals surface area (Å²) < 4.78 is 10.4. The second-order valence-electron chi connectivity index (χ2n) is 6.67. The number of nitro groups is 1. The van der Waals surface area contributed by atoms with Crippen molar-refractivity contribution in [3.63, 3.8) is 0 Å². The average Bonchev–Trinajstić information content (AvgIpc) is 2.74. The molecule has 2 aromatic rings. The summed E-state index contributed by atoms with van der Waals surface area (Å²) in [6, 6.07) is 8.84. The molecule has 1 aliphatic heterocycles. The molecule has 1 saturated heterocycles. The number of nitro benzene ring substituents is 1. The number of rotatable bonds is 7. The molecule has 0 spiro atoms. The summed E-state index contributed by atoms with van der Waals surface area (Å²) in [5.74, 6) is 0.306. The van der Waals surface area contributed by atoms with E-state index in [2.05, 4.69) is 21.6 Å². The highest BCUT2D eigenvalue weighted by Crippen LogP contribution is 2.29. The summed E-state index contributed by atoms with van der Waals surface area (Å²) in [4.78, 5) is 17.4. The van der Waals surface area contributed by atoms with Gasteiger partial charge in [-0.15, -0.1) is 0 Å². The molecular weight excluding hydrogens is 388 g/mol. The van der Waals surface area contributed by atoms with Crippen molar-refractivity contribution in [2.24, 2.45) is 5.10 Å². The number of ether oxygens (including phenoxy) is 2. The van der Waals surface area contributed by atoms with Gasteiger partial charge in [-0.3, -0.25) is 15.5 Å². The molecule has 10 heteroatoms. The van der Waals surface area contributed by atoms with Gasteiger partial charge in [0.25, 0.3) is 5.69 Å². The molecule has 0 unspecified atom stereocenters. The van der Waals surface area contributed by atoms with E-state index in [0.29, 0.717) is 60.2 Å². The quantitative estimate of drug-likeness (QED) is 0.419. The largest absolute Gasteiger partial charge is 0.380 e. The Kier molecular flexibility index (Phi) is 6.90. The van der Waals surface area contributed by atoms with Crippen molar-refractivity contribution >= 4 is 23.4 Å². The zero-order chi connectivity index (χ0) is 21.5. The standard InChI is InChI=1S/C20H22N6O4/c1-14-9-16(13-29-2)17(11-21)20(23-14)24-22-12-15-3-4-18(19(10-15)26(27)28)25-5-7-30-8-6-25/h3-4,9-10,12H,5-8,13H2,1-2H3,(H,23,24)/b22-12+. The van der Waals surface area contributed by atoms with E-state index in [9.17, 15) is 15.4 Å². The highest BCUT2D eigenvalue weighted by atomic mass is 16.6. The van der Waals surface area contributed by atoms with Crippen molar-refractivity contribution < 1.29 is 14.4 Å². The fourth-order valence-corrected chi connectivity index (χ4v) is 3.22. The van der Waals surface area contributed by atoms with Crippen LogP contribution in [0.15, 0.2) is 29.4 Å². The smallest absolute Gasteiger partial charge is 0.293 e. The Morgan fingerprint density at radius 1 is 1.43 bits per heavy atom. The van der Waals surface area contributed by atoms with Crippen LogP contribution in [0, 0.1) is 28.4 Å². The molecule has 0 bridgehead atoms. The second-order valence-corrected chi connectivity index (χ2v) is 6.67. The molecule has 156 valence electrons. The first-order valence-electron chi connectivity index (χ1n) is 9.33. The summed E-state index contributed by atoms with van der Waals surface area (Å²) in [6.45, 7) is 4.38. The average molecular weight is 410 g/mol. The van der Waals surface area contributed by atoms with Gasteiger partial charge < -0.3 is 14.4 Å². The van der Waals surface area contributed by atoms with E-state index in [1.165, 1.54) is 12.3 Å². The molecule has 10 nitrogen and oxygen atoms in total. The van der Waals surface area contributed by atoms with Crippen LogP contribution in [-0.2, 0) is 16.1 Å². The number of morpholine rings is 1. The van der Waals surface area contributed by atoms with Crippen molar-refractivity contribution in [3.05, 3.63) is 56.8 Å². The molecule has 1 N–H and O–H groups in total. The number of nitriles is 1. The number of aromatic nitrogens is 1. The number of hydrogen-bond acceptors (Lipinski definition) is 9. The minimum atomic E-state index is -0.400. The molecule has 2 heterocycles. The van der Waals surface area contributed by atoms with Gasteiger partial charge in [-0.2, -0.15) is 10.4 Å². The predicted molar refractivity (Wildman–Crippen MR) is 112 cm³/mol. The van der Waals surface area contributed by atoms with Crippen LogP contribution in [0.2, 0.25) is 0 Å². The molecular formula is C20H22N6O4. The first-order chi connectivity index (χ1) is 14.5. The Morgan fingerprint density at radius 2 is 2.20 bits per heavy atom. The number of anilines is 2. The van der Waals surface area contributed by atoms with Gasteiger partial charge in [0, 0.05) is 43.1 Å². The van der Waals surface area contributed by atoms with Crippen LogP contribution in [0.5, 0.6) is 0 Å². The first kappa shape index (κ1) is 21.2. The Balaban J connectivity index is 1.82. The summed E-state index contributed by atoms with van der Waals surface area (Å²) >= 11 is 0. The maximum Gasteiger partial charge on any atom is 0.293 e. The number of nitrogens with zero attached hydrogens (tertiary/aromatic N) is 5. The number of hydrazone groups is 1. The van der Waals surface area contributed by atoms with Gasteiger partial charge in [0.2, 0.25) is 0 Å². The molecule has 0 aliphatic carbocycles. The number of methoxy groups -OCH3 is 1. The fourth-order valence-electron chi connectivity index (χ4n) is 3.22. The molecule has 1 aromatic heterocycles. The van der Waals surface area contributed by atoms with Crippen LogP contribution >= 0.6 is 0 Å². The summed E-state index contributed by atoms with van der Waals surface area (Å²) in [5, 5.41) is 25.1. The van der Waals surface area contributed by atoms with E-state index in [1.54, 1.807) is 25.3 Å². The van der Waals surface area contributed by atoms with E-state index >= 15 is 0 Å². The van der Waals surface area contributed by atoms with Crippen molar-refractivity contribution in [2.45, 2.75) is 13.5 Å². The number of benzene rings is 1. The zero-order valence-electron chi connectivity index (χ0n) is 16.8. The minimum absolute atomic E-state index is 0.00891. The van der Waals surface area contributed by atoms with Crippen LogP contribution in [-0.4, -0.2) is 49.5 Å². The van der Waals surface area contributed by atoms with Crippen LogP contribution in [0.25, 0.3) is 0 Å². The summed E-state index contributed by atoms with van der Waals surface area (Å²) in [6.07, 6.45) is 1.46. The van der Waals surface area contributed by atoms with E-state index < -0.39 is 4.92 Å². The maximum absolute atomic E-state index is 11.6. The molecule has 30 heavy (non-hydrogen) atoms. The number of nitrogens with one attached hydrogen (secondary N) is 1. The normalized spacial score (nSPS) is 14.0. The first-order valence-corrected chi connectivity index (χ1v) is 9.33. The molecule has 1 aliphatic rings. The van der Waals surface area contributed by atoms with Crippen LogP contribution in [0.4, 0.5) is 17.2 Å². The third-order valence-electron chi connectivity index (χ3n) is 4.57. The topological polar surface area (TPSA) is 126 Å². The molecule has 0 saturated carbocycles. The molecule has 0 atom stereocenters. The second kappa shape index (κ2) is 9.78. The van der Waals surface area contributed by atoms with Crippen LogP contribution < -0.4 is 10.3 Å². The third kappa shape index (κ3) is 4.89. The van der Waals surface area contributed by atoms with Gasteiger partial charge in [0.05, 0.1) is 31.0 Å². The number of hydrogen-bond donors (Lipinski definition) is 1. The van der Waals surface area contributed by atoms with Gasteiger partial charge in [-0.1, -0.05) is 6.07 Å². The molecule has 1 aromatic carbocycles. The summed E-state index contributed by atoms with van der Waals surface area (Å²) in [5.41, 5.74) is 5.64. The van der Waals surface area contributed by atoms with E-state index in [-0.39, 0.29) is 12.3 Å². The lowest BCUT2D eigenvalue weighted by Crippen LogP contribution is -2.36. The zero-order valence-corrected chi connectivity index (χ0v) is 16.8. The summed E-state index contributed by atoms with van der Waals surface area (Å²) in [7, 11) is 1.55. The van der Waals surface area contributed by atoms with Crippen molar-refractivity contribution in [1.29, 1.82) is 5.26 Å². The molecule has 0 amide bonds. The lowest BCUT2D eigenvalue weighted by atomic mass is 10.1. The number of pyridine rings is 1. The fraction of sp³-hybridized carbons (Fsp3) is 0.350.